The molecule has 2 saturated carbocycles. The smallest absolute Gasteiger partial charge is 0.328 e. The summed E-state index contributed by atoms with van der Waals surface area (Å²) in [5.41, 5.74) is 9.43. The van der Waals surface area contributed by atoms with E-state index in [1.807, 2.05) is 36.3 Å². The average molecular weight is 680 g/mol. The number of hydrogen-bond acceptors (Lipinski definition) is 10. The number of anilines is 2. The zero-order valence-corrected chi connectivity index (χ0v) is 28.4. The topological polar surface area (TPSA) is 148 Å². The Bertz CT molecular complexity index is 1840. The fourth-order valence-electron chi connectivity index (χ4n) is 6.65. The summed E-state index contributed by atoms with van der Waals surface area (Å²) < 4.78 is 25.9. The highest BCUT2D eigenvalue weighted by Crippen LogP contribution is 2.33. The maximum Gasteiger partial charge on any atom is 0.328 e. The molecule has 0 bridgehead atoms. The van der Waals surface area contributed by atoms with E-state index in [9.17, 15) is 9.59 Å². The van der Waals surface area contributed by atoms with Crippen molar-refractivity contribution in [1.29, 1.82) is 0 Å². The van der Waals surface area contributed by atoms with E-state index in [1.54, 1.807) is 38.0 Å². The van der Waals surface area contributed by atoms with Gasteiger partial charge >= 0.3 is 6.03 Å². The molecule has 4 atom stereocenters. The van der Waals surface area contributed by atoms with Gasteiger partial charge in [0, 0.05) is 44.6 Å². The minimum atomic E-state index is -0.378. The van der Waals surface area contributed by atoms with Gasteiger partial charge in [0.25, 0.3) is 5.56 Å². The first-order chi connectivity index (χ1) is 23.2. The number of amides is 1. The van der Waals surface area contributed by atoms with Gasteiger partial charge in [0.1, 0.15) is 28.5 Å². The molecular formula is C34H42ClN7O6. The Hall–Kier alpha value is -4.33. The highest BCUT2D eigenvalue weighted by molar-refractivity contribution is 6.30. The predicted octanol–water partition coefficient (Wildman–Crippen LogP) is 4.92. The monoisotopic (exact) mass is 679 g/mol. The summed E-state index contributed by atoms with van der Waals surface area (Å²) in [6, 6.07) is 8.39. The Morgan fingerprint density at radius 2 is 1.90 bits per heavy atom. The van der Waals surface area contributed by atoms with Crippen LogP contribution in [0.2, 0.25) is 5.15 Å². The lowest BCUT2D eigenvalue weighted by Crippen LogP contribution is -2.52. The van der Waals surface area contributed by atoms with Crippen LogP contribution in [0.5, 0.6) is 11.5 Å². The molecule has 0 saturated heterocycles. The Labute approximate surface area is 283 Å². The molecule has 14 heteroatoms. The van der Waals surface area contributed by atoms with Crippen molar-refractivity contribution in [2.45, 2.75) is 76.0 Å². The molecule has 1 amide bonds. The molecule has 256 valence electrons. The van der Waals surface area contributed by atoms with Crippen LogP contribution in [-0.2, 0) is 22.6 Å². The van der Waals surface area contributed by atoms with Gasteiger partial charge < -0.3 is 39.5 Å². The molecule has 0 radical (unpaired) electrons. The number of methoxy groups -OCH3 is 3. The van der Waals surface area contributed by atoms with Crippen molar-refractivity contribution in [3.8, 4) is 11.5 Å². The Morgan fingerprint density at radius 3 is 2.62 bits per heavy atom. The first-order valence-corrected chi connectivity index (χ1v) is 16.5. The van der Waals surface area contributed by atoms with Gasteiger partial charge in [-0.25, -0.2) is 19.3 Å². The van der Waals surface area contributed by atoms with E-state index in [0.717, 1.165) is 49.7 Å². The van der Waals surface area contributed by atoms with Crippen LogP contribution < -0.4 is 31.0 Å². The number of ether oxygens (including phenoxy) is 4. The minimum Gasteiger partial charge on any atom is -0.497 e. The van der Waals surface area contributed by atoms with Crippen LogP contribution in [0.25, 0.3) is 11.2 Å². The van der Waals surface area contributed by atoms with E-state index < -0.39 is 0 Å². The number of aromatic nitrogens is 4. The molecule has 3 heterocycles. The first kappa shape index (κ1) is 33.6. The maximum atomic E-state index is 13.5. The second kappa shape index (κ2) is 14.4. The quantitative estimate of drug-likeness (QED) is 0.209. The number of benzene rings is 1. The largest absolute Gasteiger partial charge is 0.497 e. The number of nitrogen functional groups attached to an aromatic ring is 1. The predicted molar refractivity (Wildman–Crippen MR) is 183 cm³/mol. The van der Waals surface area contributed by atoms with Gasteiger partial charge in [-0.3, -0.25) is 4.79 Å². The number of halogens is 1. The standard InChI is InChI=1S/C34H42ClN7O6/c1-40(17-21-9-10-22(45-2)14-29(21)47-4)26-15-30(35)39-32-31(26)37-19-42(32)34(44)38-24-11-12-27(24)48-18-20-13-23(36)33(43)41(16-20)25-7-5-6-8-28(25)46-3/h9-10,13-16,19,24-25,27-28H,5-8,11-12,17-18,36H2,1-4H3,(H,38,44)/t24-,25?,27-,28?/m1/s1. The molecule has 3 aromatic heterocycles. The van der Waals surface area contributed by atoms with E-state index in [1.165, 1.54) is 10.9 Å². The van der Waals surface area contributed by atoms with Crippen molar-refractivity contribution in [3.63, 3.8) is 0 Å². The fraction of sp³-hybridized carbons (Fsp3) is 0.471. The average Bonchev–Trinajstić information content (AvgIpc) is 3.51. The number of imidazole rings is 1. The highest BCUT2D eigenvalue weighted by atomic mass is 35.5. The van der Waals surface area contributed by atoms with Gasteiger partial charge in [-0.05, 0) is 49.4 Å². The van der Waals surface area contributed by atoms with Crippen LogP contribution in [0, 0.1) is 0 Å². The van der Waals surface area contributed by atoms with Crippen LogP contribution in [-0.4, -0.2) is 71.8 Å². The second-order valence-electron chi connectivity index (χ2n) is 12.4. The van der Waals surface area contributed by atoms with Crippen LogP contribution in [0.15, 0.2) is 47.7 Å². The number of carbonyl (C=O) groups excluding carboxylic acids is 1. The molecule has 4 aromatic rings. The van der Waals surface area contributed by atoms with Crippen molar-refractivity contribution in [2.75, 3.05) is 39.0 Å². The summed E-state index contributed by atoms with van der Waals surface area (Å²) in [7, 11) is 6.82. The molecule has 0 aliphatic heterocycles. The Morgan fingerprint density at radius 1 is 1.08 bits per heavy atom. The van der Waals surface area contributed by atoms with Crippen molar-refractivity contribution in [1.82, 2.24) is 24.4 Å². The molecule has 3 N–H and O–H groups in total. The molecule has 2 fully saturated rings. The highest BCUT2D eigenvalue weighted by Gasteiger charge is 2.34. The van der Waals surface area contributed by atoms with Gasteiger partial charge in [0.15, 0.2) is 5.65 Å². The number of hydrogen-bond donors (Lipinski definition) is 2. The third kappa shape index (κ3) is 6.80. The van der Waals surface area contributed by atoms with Gasteiger partial charge in [-0.15, -0.1) is 0 Å². The molecule has 2 unspecified atom stereocenters. The van der Waals surface area contributed by atoms with Crippen molar-refractivity contribution < 1.29 is 23.7 Å². The molecule has 1 aromatic carbocycles. The van der Waals surface area contributed by atoms with Crippen LogP contribution in [0.3, 0.4) is 0 Å². The fourth-order valence-corrected chi connectivity index (χ4v) is 6.84. The Balaban J connectivity index is 1.13. The van der Waals surface area contributed by atoms with E-state index >= 15 is 0 Å². The molecule has 2 aliphatic carbocycles. The number of carbonyl (C=O) groups is 1. The van der Waals surface area contributed by atoms with E-state index in [-0.39, 0.29) is 53.3 Å². The number of nitrogens with one attached hydrogen (secondary N) is 1. The zero-order chi connectivity index (χ0) is 33.9. The molecule has 48 heavy (non-hydrogen) atoms. The summed E-state index contributed by atoms with van der Waals surface area (Å²) in [6.45, 7) is 0.741. The normalized spacial score (nSPS) is 20.7. The lowest BCUT2D eigenvalue weighted by Gasteiger charge is -2.37. The summed E-state index contributed by atoms with van der Waals surface area (Å²) in [4.78, 5) is 37.4. The number of fused-ring (bicyclic) bond motifs is 1. The second-order valence-corrected chi connectivity index (χ2v) is 12.8. The number of nitrogens with zero attached hydrogens (tertiary/aromatic N) is 5. The van der Waals surface area contributed by atoms with Crippen LogP contribution >= 0.6 is 11.6 Å². The molecular weight excluding hydrogens is 638 g/mol. The summed E-state index contributed by atoms with van der Waals surface area (Å²) in [6.07, 6.45) is 8.47. The third-order valence-electron chi connectivity index (χ3n) is 9.42. The van der Waals surface area contributed by atoms with E-state index in [4.69, 9.17) is 36.3 Å². The summed E-state index contributed by atoms with van der Waals surface area (Å²) in [5, 5.41) is 3.30. The third-order valence-corrected chi connectivity index (χ3v) is 9.62. The first-order valence-electron chi connectivity index (χ1n) is 16.1. The number of rotatable bonds is 11. The minimum absolute atomic E-state index is 0.0321. The molecule has 13 nitrogen and oxygen atoms in total. The van der Waals surface area contributed by atoms with Gasteiger partial charge in [-0.1, -0.05) is 24.4 Å². The molecule has 2 aliphatic rings. The lowest BCUT2D eigenvalue weighted by molar-refractivity contribution is -0.0327. The van der Waals surface area contributed by atoms with Crippen LogP contribution in [0.4, 0.5) is 16.2 Å². The maximum absolute atomic E-state index is 13.5. The summed E-state index contributed by atoms with van der Waals surface area (Å²) >= 11 is 6.46. The summed E-state index contributed by atoms with van der Waals surface area (Å²) in [5.74, 6) is 1.39. The van der Waals surface area contributed by atoms with Crippen molar-refractivity contribution in [3.05, 3.63) is 69.5 Å². The number of nitrogens with two attached hydrogens (primary N) is 1. The zero-order valence-electron chi connectivity index (χ0n) is 27.6. The Kier molecular flexibility index (Phi) is 10.1. The van der Waals surface area contributed by atoms with E-state index in [2.05, 4.69) is 15.3 Å². The molecule has 6 rings (SSSR count). The van der Waals surface area contributed by atoms with Crippen molar-refractivity contribution >= 4 is 40.2 Å². The van der Waals surface area contributed by atoms with Crippen LogP contribution in [0.1, 0.15) is 55.7 Å². The van der Waals surface area contributed by atoms with Crippen molar-refractivity contribution in [2.24, 2.45) is 0 Å². The van der Waals surface area contributed by atoms with Gasteiger partial charge in [-0.2, -0.15) is 0 Å². The number of pyridine rings is 2. The van der Waals surface area contributed by atoms with E-state index in [0.29, 0.717) is 34.9 Å². The lowest BCUT2D eigenvalue weighted by atomic mass is 9.89. The molecule has 0 spiro atoms. The van der Waals surface area contributed by atoms with Gasteiger partial charge in [0.2, 0.25) is 0 Å². The van der Waals surface area contributed by atoms with Gasteiger partial charge in [0.05, 0.1) is 56.5 Å². The SMILES string of the molecule is COc1ccc(CN(C)c2cc(Cl)nc3c2ncn3C(=O)N[C@@H]2CC[C@H]2OCc2cc(N)c(=O)n(C3CCCCC3OC)c2)c(OC)c1.